The third-order valence-corrected chi connectivity index (χ3v) is 4.62. The van der Waals surface area contributed by atoms with E-state index >= 15 is 0 Å². The van der Waals surface area contributed by atoms with Crippen molar-refractivity contribution in [3.63, 3.8) is 0 Å². The van der Waals surface area contributed by atoms with E-state index in [4.69, 9.17) is 0 Å². The van der Waals surface area contributed by atoms with Crippen LogP contribution in [0, 0.1) is 12.8 Å². The second-order valence-corrected chi connectivity index (χ2v) is 6.43. The Balaban J connectivity index is 3.02. The van der Waals surface area contributed by atoms with Crippen LogP contribution in [0.3, 0.4) is 0 Å². The van der Waals surface area contributed by atoms with Crippen molar-refractivity contribution in [2.75, 3.05) is 6.54 Å². The minimum atomic E-state index is -1.11. The minimum Gasteiger partial charge on any atom is -0.465 e. The summed E-state index contributed by atoms with van der Waals surface area (Å²) in [6, 6.07) is 7.75. The molecule has 0 aliphatic heterocycles. The van der Waals surface area contributed by atoms with Crippen LogP contribution in [0.25, 0.3) is 0 Å². The lowest BCUT2D eigenvalue weighted by Gasteiger charge is -2.41. The first-order valence-corrected chi connectivity index (χ1v) is 8.02. The van der Waals surface area contributed by atoms with Crippen molar-refractivity contribution in [1.82, 2.24) is 10.2 Å². The Morgan fingerprint density at radius 1 is 1.22 bits per heavy atom. The van der Waals surface area contributed by atoms with Crippen molar-refractivity contribution < 1.29 is 14.7 Å². The molecule has 0 saturated carbocycles. The monoisotopic (exact) mass is 320 g/mol. The van der Waals surface area contributed by atoms with Crippen LogP contribution in [0.15, 0.2) is 24.3 Å². The highest BCUT2D eigenvalue weighted by Gasteiger charge is 2.44. The Bertz CT molecular complexity index is 554. The lowest BCUT2D eigenvalue weighted by Crippen LogP contribution is -2.61. The van der Waals surface area contributed by atoms with Crippen LogP contribution in [-0.4, -0.2) is 34.1 Å². The maximum atomic E-state index is 12.8. The maximum absolute atomic E-state index is 12.8. The van der Waals surface area contributed by atoms with E-state index in [-0.39, 0.29) is 24.4 Å². The first-order valence-electron chi connectivity index (χ1n) is 8.02. The maximum Gasteiger partial charge on any atom is 0.408 e. The topological polar surface area (TPSA) is 69.6 Å². The average molecular weight is 320 g/mol. The molecule has 2 N–H and O–H groups in total. The molecule has 1 aromatic carbocycles. The second-order valence-electron chi connectivity index (χ2n) is 6.43. The zero-order valence-electron chi connectivity index (χ0n) is 14.9. The fourth-order valence-electron chi connectivity index (χ4n) is 2.64. The highest BCUT2D eigenvalue weighted by molar-refractivity contribution is 5.89. The number of carbonyl (C=O) groups is 2. The molecule has 2 amide bonds. The summed E-state index contributed by atoms with van der Waals surface area (Å²) in [6.45, 7) is 11.3. The molecule has 0 fully saturated rings. The molecule has 0 heterocycles. The number of carboxylic acid groups (broad SMARTS) is 1. The number of nitrogens with one attached hydrogen (secondary N) is 1. The van der Waals surface area contributed by atoms with E-state index in [0.717, 1.165) is 11.1 Å². The van der Waals surface area contributed by atoms with Crippen molar-refractivity contribution in [3.8, 4) is 0 Å². The Labute approximate surface area is 138 Å². The van der Waals surface area contributed by atoms with E-state index < -0.39 is 11.6 Å². The number of hydrogen-bond donors (Lipinski definition) is 2. The number of amides is 2. The summed E-state index contributed by atoms with van der Waals surface area (Å²) in [5.74, 6) is -0.423. The van der Waals surface area contributed by atoms with Crippen LogP contribution in [0.2, 0.25) is 0 Å². The normalized spacial score (nSPS) is 14.9. The van der Waals surface area contributed by atoms with E-state index in [9.17, 15) is 14.7 Å². The fraction of sp³-hybridized carbons (Fsp3) is 0.556. The first-order chi connectivity index (χ1) is 10.6. The molecule has 5 heteroatoms. The van der Waals surface area contributed by atoms with Gasteiger partial charge in [0.05, 0.1) is 6.04 Å². The molecule has 0 spiro atoms. The Kier molecular flexibility index (Phi) is 6.19. The summed E-state index contributed by atoms with van der Waals surface area (Å²) >= 11 is 0. The summed E-state index contributed by atoms with van der Waals surface area (Å²) < 4.78 is 0. The number of benzene rings is 1. The van der Waals surface area contributed by atoms with E-state index in [1.165, 1.54) is 4.90 Å². The molecular formula is C18H28N2O3. The molecule has 0 aliphatic carbocycles. The standard InChI is InChI=1S/C18H28N2O3/c1-7-20(17(22)23)18(6,12(2)3)16(21)19-14(5)15-10-8-13(4)9-11-15/h8-12,14H,7H2,1-6H3,(H,19,21)(H,22,23)/t14?,18-/m0/s1. The third kappa shape index (κ3) is 4.03. The molecule has 0 bridgehead atoms. The second kappa shape index (κ2) is 7.49. The zero-order chi connectivity index (χ0) is 17.8. The van der Waals surface area contributed by atoms with E-state index in [1.54, 1.807) is 13.8 Å². The number of aryl methyl sites for hydroxylation is 1. The molecule has 23 heavy (non-hydrogen) atoms. The summed E-state index contributed by atoms with van der Waals surface area (Å²) in [4.78, 5) is 25.6. The summed E-state index contributed by atoms with van der Waals surface area (Å²) in [5, 5.41) is 12.4. The predicted molar refractivity (Wildman–Crippen MR) is 91.4 cm³/mol. The van der Waals surface area contributed by atoms with Gasteiger partial charge in [-0.25, -0.2) is 4.79 Å². The van der Waals surface area contributed by atoms with Gasteiger partial charge in [-0.15, -0.1) is 0 Å². The highest BCUT2D eigenvalue weighted by atomic mass is 16.4. The first kappa shape index (κ1) is 19.0. The van der Waals surface area contributed by atoms with Crippen molar-refractivity contribution in [2.24, 2.45) is 5.92 Å². The molecule has 0 aliphatic rings. The van der Waals surface area contributed by atoms with Crippen LogP contribution in [0.5, 0.6) is 0 Å². The Hall–Kier alpha value is -2.04. The molecule has 1 aromatic rings. The van der Waals surface area contributed by atoms with Crippen molar-refractivity contribution in [2.45, 2.75) is 53.1 Å². The third-order valence-electron chi connectivity index (χ3n) is 4.62. The van der Waals surface area contributed by atoms with Gasteiger partial charge in [-0.05, 0) is 39.2 Å². The van der Waals surface area contributed by atoms with Crippen molar-refractivity contribution in [1.29, 1.82) is 0 Å². The quantitative estimate of drug-likeness (QED) is 0.841. The van der Waals surface area contributed by atoms with Gasteiger partial charge in [0.2, 0.25) is 5.91 Å². The molecule has 2 atom stereocenters. The largest absolute Gasteiger partial charge is 0.465 e. The number of likely N-dealkylation sites (N-methyl/N-ethyl adjacent to an activating group) is 1. The van der Waals surface area contributed by atoms with Gasteiger partial charge in [0.1, 0.15) is 5.54 Å². The molecule has 0 aromatic heterocycles. The van der Waals surface area contributed by atoms with Gasteiger partial charge in [0, 0.05) is 6.54 Å². The van der Waals surface area contributed by atoms with E-state index in [0.29, 0.717) is 0 Å². The SMILES string of the molecule is CCN(C(=O)O)[C@](C)(C(=O)NC(C)c1ccc(C)cc1)C(C)C. The number of hydrogen-bond acceptors (Lipinski definition) is 2. The van der Waals surface area contributed by atoms with Crippen LogP contribution in [0.1, 0.15) is 51.8 Å². The Morgan fingerprint density at radius 3 is 2.13 bits per heavy atom. The van der Waals surface area contributed by atoms with Gasteiger partial charge in [-0.1, -0.05) is 43.7 Å². The summed E-state index contributed by atoms with van der Waals surface area (Å²) in [6.07, 6.45) is -1.08. The lowest BCUT2D eigenvalue weighted by atomic mass is 9.85. The molecule has 1 rings (SSSR count). The molecule has 128 valence electrons. The minimum absolute atomic E-state index is 0.149. The van der Waals surface area contributed by atoms with Crippen LogP contribution >= 0.6 is 0 Å². The fourth-order valence-corrected chi connectivity index (χ4v) is 2.64. The molecule has 0 radical (unpaired) electrons. The van der Waals surface area contributed by atoms with Gasteiger partial charge in [0.25, 0.3) is 0 Å². The van der Waals surface area contributed by atoms with Gasteiger partial charge in [-0.3, -0.25) is 9.69 Å². The number of carbonyl (C=O) groups excluding carboxylic acids is 1. The molecule has 5 nitrogen and oxygen atoms in total. The molecule has 0 saturated heterocycles. The average Bonchev–Trinajstić information content (AvgIpc) is 2.47. The van der Waals surface area contributed by atoms with Gasteiger partial charge in [0.15, 0.2) is 0 Å². The number of nitrogens with zero attached hydrogens (tertiary/aromatic N) is 1. The van der Waals surface area contributed by atoms with E-state index in [2.05, 4.69) is 5.32 Å². The van der Waals surface area contributed by atoms with Crippen LogP contribution < -0.4 is 5.32 Å². The molecule has 1 unspecified atom stereocenters. The molecular weight excluding hydrogens is 292 g/mol. The van der Waals surface area contributed by atoms with Crippen LogP contribution in [0.4, 0.5) is 4.79 Å². The van der Waals surface area contributed by atoms with Gasteiger partial charge in [-0.2, -0.15) is 0 Å². The Morgan fingerprint density at radius 2 is 1.74 bits per heavy atom. The summed E-state index contributed by atoms with van der Waals surface area (Å²) in [5.41, 5.74) is 1.04. The smallest absolute Gasteiger partial charge is 0.408 e. The van der Waals surface area contributed by atoms with Crippen molar-refractivity contribution in [3.05, 3.63) is 35.4 Å². The number of rotatable bonds is 6. The highest BCUT2D eigenvalue weighted by Crippen LogP contribution is 2.26. The van der Waals surface area contributed by atoms with Crippen molar-refractivity contribution >= 4 is 12.0 Å². The van der Waals surface area contributed by atoms with Gasteiger partial charge < -0.3 is 10.4 Å². The van der Waals surface area contributed by atoms with E-state index in [1.807, 2.05) is 52.0 Å². The van der Waals surface area contributed by atoms with Gasteiger partial charge >= 0.3 is 6.09 Å². The predicted octanol–water partition coefficient (Wildman–Crippen LogP) is 3.59. The summed E-state index contributed by atoms with van der Waals surface area (Å²) in [7, 11) is 0. The van der Waals surface area contributed by atoms with Crippen LogP contribution in [-0.2, 0) is 4.79 Å². The lowest BCUT2D eigenvalue weighted by molar-refractivity contribution is -0.135. The zero-order valence-corrected chi connectivity index (χ0v) is 14.9.